The van der Waals surface area contributed by atoms with Gasteiger partial charge in [0.25, 0.3) is 0 Å². The summed E-state index contributed by atoms with van der Waals surface area (Å²) in [6.07, 6.45) is 4.49. The molecule has 0 bridgehead atoms. The first kappa shape index (κ1) is 13.5. The molecular weight excluding hydrogens is 238 g/mol. The Morgan fingerprint density at radius 3 is 2.58 bits per heavy atom. The fraction of sp³-hybridized carbons (Fsp3) is 0.500. The highest BCUT2D eigenvalue weighted by atomic mass is 15.0. The number of nitrogens with zero attached hydrogens (tertiary/aromatic N) is 4. The molecule has 5 nitrogen and oxygen atoms in total. The Balaban J connectivity index is 2.43. The lowest BCUT2D eigenvalue weighted by Gasteiger charge is -2.13. The molecule has 19 heavy (non-hydrogen) atoms. The molecule has 0 atom stereocenters. The van der Waals surface area contributed by atoms with Crippen LogP contribution in [0.1, 0.15) is 42.7 Å². The van der Waals surface area contributed by atoms with Gasteiger partial charge in [-0.25, -0.2) is 15.0 Å². The molecule has 0 amide bonds. The van der Waals surface area contributed by atoms with Crippen molar-refractivity contribution in [2.75, 3.05) is 12.4 Å². The van der Waals surface area contributed by atoms with Crippen LogP contribution >= 0.6 is 0 Å². The number of aromatic nitrogens is 4. The van der Waals surface area contributed by atoms with Gasteiger partial charge in [-0.05, 0) is 6.92 Å². The van der Waals surface area contributed by atoms with Gasteiger partial charge in [0.15, 0.2) is 0 Å². The van der Waals surface area contributed by atoms with Crippen molar-refractivity contribution >= 4 is 5.82 Å². The minimum atomic E-state index is 0.313. The molecule has 0 fully saturated rings. The van der Waals surface area contributed by atoms with E-state index in [0.29, 0.717) is 5.92 Å². The number of anilines is 1. The van der Waals surface area contributed by atoms with Crippen LogP contribution in [0.15, 0.2) is 12.4 Å². The minimum absolute atomic E-state index is 0.313. The lowest BCUT2D eigenvalue weighted by molar-refractivity contribution is 0.744. The Labute approximate surface area is 114 Å². The Kier molecular flexibility index (Phi) is 3.83. The van der Waals surface area contributed by atoms with Crippen molar-refractivity contribution in [3.05, 3.63) is 35.3 Å². The van der Waals surface area contributed by atoms with Crippen molar-refractivity contribution in [2.45, 2.75) is 33.1 Å². The number of rotatable bonds is 4. The maximum atomic E-state index is 4.69. The standard InChI is InChI=1S/C14H21N5/c1-9(2)13-17-11(10(3)14(15-4)18-13)8-12-16-6-7-19(12)5/h6-7,9H,8H2,1-5H3,(H,15,17,18). The van der Waals surface area contributed by atoms with Crippen molar-refractivity contribution < 1.29 is 0 Å². The number of nitrogens with one attached hydrogen (secondary N) is 1. The highest BCUT2D eigenvalue weighted by Gasteiger charge is 2.14. The van der Waals surface area contributed by atoms with E-state index in [1.54, 1.807) is 0 Å². The zero-order valence-corrected chi connectivity index (χ0v) is 12.2. The van der Waals surface area contributed by atoms with Gasteiger partial charge in [0.1, 0.15) is 17.5 Å². The van der Waals surface area contributed by atoms with E-state index in [2.05, 4.69) is 29.1 Å². The molecule has 2 aromatic rings. The van der Waals surface area contributed by atoms with Gasteiger partial charge in [0.05, 0.1) is 5.69 Å². The molecular formula is C14H21N5. The van der Waals surface area contributed by atoms with Gasteiger partial charge in [0.2, 0.25) is 0 Å². The van der Waals surface area contributed by atoms with Crippen molar-refractivity contribution in [2.24, 2.45) is 7.05 Å². The predicted molar refractivity (Wildman–Crippen MR) is 76.4 cm³/mol. The fourth-order valence-corrected chi connectivity index (χ4v) is 1.97. The van der Waals surface area contributed by atoms with E-state index in [-0.39, 0.29) is 0 Å². The summed E-state index contributed by atoms with van der Waals surface area (Å²) in [6, 6.07) is 0. The first-order valence-electron chi connectivity index (χ1n) is 6.54. The third-order valence-corrected chi connectivity index (χ3v) is 3.26. The topological polar surface area (TPSA) is 55.6 Å². The van der Waals surface area contributed by atoms with Crippen LogP contribution in [0.5, 0.6) is 0 Å². The SMILES string of the molecule is CNc1nc(C(C)C)nc(Cc2nccn2C)c1C. The smallest absolute Gasteiger partial charge is 0.133 e. The van der Waals surface area contributed by atoms with E-state index in [1.165, 1.54) is 0 Å². The van der Waals surface area contributed by atoms with Gasteiger partial charge in [0, 0.05) is 44.4 Å². The first-order valence-corrected chi connectivity index (χ1v) is 6.54. The van der Waals surface area contributed by atoms with E-state index >= 15 is 0 Å². The minimum Gasteiger partial charge on any atom is -0.373 e. The average Bonchev–Trinajstić information content (AvgIpc) is 2.77. The number of imidazole rings is 1. The van der Waals surface area contributed by atoms with Gasteiger partial charge in [-0.2, -0.15) is 0 Å². The maximum absolute atomic E-state index is 4.69. The molecule has 0 spiro atoms. The van der Waals surface area contributed by atoms with Crippen LogP contribution in [0.3, 0.4) is 0 Å². The summed E-state index contributed by atoms with van der Waals surface area (Å²) in [4.78, 5) is 13.6. The van der Waals surface area contributed by atoms with Crippen LogP contribution in [0.4, 0.5) is 5.82 Å². The molecule has 0 radical (unpaired) electrons. The van der Waals surface area contributed by atoms with E-state index in [1.807, 2.05) is 38.0 Å². The van der Waals surface area contributed by atoms with Gasteiger partial charge >= 0.3 is 0 Å². The third kappa shape index (κ3) is 2.75. The van der Waals surface area contributed by atoms with E-state index in [0.717, 1.165) is 35.1 Å². The van der Waals surface area contributed by atoms with E-state index in [9.17, 15) is 0 Å². The van der Waals surface area contributed by atoms with Crippen molar-refractivity contribution in [1.82, 2.24) is 19.5 Å². The molecule has 0 aliphatic rings. The van der Waals surface area contributed by atoms with Gasteiger partial charge < -0.3 is 9.88 Å². The molecule has 0 saturated carbocycles. The summed E-state index contributed by atoms with van der Waals surface area (Å²) in [5, 5.41) is 3.15. The van der Waals surface area contributed by atoms with Crippen LogP contribution in [0, 0.1) is 6.92 Å². The molecule has 0 unspecified atom stereocenters. The second-order valence-corrected chi connectivity index (χ2v) is 5.04. The predicted octanol–water partition coefficient (Wildman–Crippen LogP) is 2.27. The molecule has 2 aromatic heterocycles. The summed E-state index contributed by atoms with van der Waals surface area (Å²) >= 11 is 0. The van der Waals surface area contributed by atoms with Gasteiger partial charge in [-0.15, -0.1) is 0 Å². The molecule has 5 heteroatoms. The molecule has 2 rings (SSSR count). The van der Waals surface area contributed by atoms with Crippen LogP contribution in [0.2, 0.25) is 0 Å². The molecule has 0 aromatic carbocycles. The van der Waals surface area contributed by atoms with E-state index < -0.39 is 0 Å². The Bertz CT molecular complexity index is 571. The summed E-state index contributed by atoms with van der Waals surface area (Å²) in [7, 11) is 3.89. The number of hydrogen-bond donors (Lipinski definition) is 1. The average molecular weight is 259 g/mol. The summed E-state index contributed by atoms with van der Waals surface area (Å²) in [5.74, 6) is 3.11. The Hall–Kier alpha value is -1.91. The molecule has 2 heterocycles. The van der Waals surface area contributed by atoms with Gasteiger partial charge in [-0.3, -0.25) is 0 Å². The zero-order chi connectivity index (χ0) is 14.0. The van der Waals surface area contributed by atoms with E-state index in [4.69, 9.17) is 4.98 Å². The number of hydrogen-bond acceptors (Lipinski definition) is 4. The summed E-state index contributed by atoms with van der Waals surface area (Å²) in [5.41, 5.74) is 2.13. The quantitative estimate of drug-likeness (QED) is 0.915. The van der Waals surface area contributed by atoms with Crippen LogP contribution in [-0.4, -0.2) is 26.6 Å². The third-order valence-electron chi connectivity index (χ3n) is 3.26. The molecule has 102 valence electrons. The Morgan fingerprint density at radius 2 is 2.05 bits per heavy atom. The monoisotopic (exact) mass is 259 g/mol. The largest absolute Gasteiger partial charge is 0.373 e. The van der Waals surface area contributed by atoms with Crippen molar-refractivity contribution in [3.63, 3.8) is 0 Å². The first-order chi connectivity index (χ1) is 9.02. The zero-order valence-electron chi connectivity index (χ0n) is 12.2. The molecule has 0 aliphatic carbocycles. The second kappa shape index (κ2) is 5.38. The lowest BCUT2D eigenvalue weighted by Crippen LogP contribution is -2.10. The van der Waals surface area contributed by atoms with Crippen molar-refractivity contribution in [3.8, 4) is 0 Å². The summed E-state index contributed by atoms with van der Waals surface area (Å²) in [6.45, 7) is 6.26. The summed E-state index contributed by atoms with van der Waals surface area (Å²) < 4.78 is 2.02. The fourth-order valence-electron chi connectivity index (χ4n) is 1.97. The van der Waals surface area contributed by atoms with Crippen molar-refractivity contribution in [1.29, 1.82) is 0 Å². The Morgan fingerprint density at radius 1 is 1.32 bits per heavy atom. The maximum Gasteiger partial charge on any atom is 0.133 e. The highest BCUT2D eigenvalue weighted by molar-refractivity contribution is 5.46. The van der Waals surface area contributed by atoms with Crippen LogP contribution in [-0.2, 0) is 13.5 Å². The van der Waals surface area contributed by atoms with Crippen LogP contribution < -0.4 is 5.32 Å². The van der Waals surface area contributed by atoms with Gasteiger partial charge in [-0.1, -0.05) is 13.8 Å². The molecule has 1 N–H and O–H groups in total. The normalized spacial score (nSPS) is 11.1. The highest BCUT2D eigenvalue weighted by Crippen LogP contribution is 2.20. The van der Waals surface area contributed by atoms with Crippen LogP contribution in [0.25, 0.3) is 0 Å². The molecule has 0 saturated heterocycles. The molecule has 0 aliphatic heterocycles. The number of aryl methyl sites for hydroxylation is 1. The lowest BCUT2D eigenvalue weighted by atomic mass is 10.1. The second-order valence-electron chi connectivity index (χ2n) is 5.04.